The molecule has 0 saturated carbocycles. The fourth-order valence-electron chi connectivity index (χ4n) is 1.70. The van der Waals surface area contributed by atoms with Gasteiger partial charge in [-0.2, -0.15) is 0 Å². The first-order valence-electron chi connectivity index (χ1n) is 5.26. The Morgan fingerprint density at radius 3 is 2.87 bits per heavy atom. The molecule has 0 saturated heterocycles. The van der Waals surface area contributed by atoms with Crippen molar-refractivity contribution in [3.05, 3.63) is 30.2 Å². The highest BCUT2D eigenvalue weighted by Crippen LogP contribution is 2.19. The van der Waals surface area contributed by atoms with Crippen molar-refractivity contribution in [2.24, 2.45) is 0 Å². The summed E-state index contributed by atoms with van der Waals surface area (Å²) in [7, 11) is 1.91. The second-order valence-electron chi connectivity index (χ2n) is 3.55. The summed E-state index contributed by atoms with van der Waals surface area (Å²) in [4.78, 5) is 8.60. The highest BCUT2D eigenvalue weighted by Gasteiger charge is 2.02. The lowest BCUT2D eigenvalue weighted by Crippen LogP contribution is -1.94. The molecule has 1 heterocycles. The van der Waals surface area contributed by atoms with Crippen LogP contribution in [0.2, 0.25) is 0 Å². The lowest BCUT2D eigenvalue weighted by Gasteiger charge is -2.05. The number of aromatic nitrogens is 2. The molecule has 1 N–H and O–H groups in total. The van der Waals surface area contributed by atoms with Gasteiger partial charge in [0.25, 0.3) is 0 Å². The molecule has 78 valence electrons. The van der Waals surface area contributed by atoms with Crippen LogP contribution in [0.5, 0.6) is 0 Å². The Morgan fingerprint density at radius 2 is 2.13 bits per heavy atom. The number of aryl methyl sites for hydroxylation is 1. The second kappa shape index (κ2) is 4.26. The highest BCUT2D eigenvalue weighted by atomic mass is 14.8. The summed E-state index contributed by atoms with van der Waals surface area (Å²) >= 11 is 0. The zero-order valence-electron chi connectivity index (χ0n) is 9.12. The van der Waals surface area contributed by atoms with Crippen molar-refractivity contribution in [3.63, 3.8) is 0 Å². The van der Waals surface area contributed by atoms with E-state index in [4.69, 9.17) is 0 Å². The van der Waals surface area contributed by atoms with Gasteiger partial charge >= 0.3 is 0 Å². The molecule has 3 heteroatoms. The van der Waals surface area contributed by atoms with Crippen molar-refractivity contribution in [3.8, 4) is 0 Å². The Bertz CT molecular complexity index is 465. The Morgan fingerprint density at radius 1 is 1.27 bits per heavy atom. The van der Waals surface area contributed by atoms with Gasteiger partial charge in [-0.1, -0.05) is 13.3 Å². The van der Waals surface area contributed by atoms with Crippen molar-refractivity contribution in [2.75, 3.05) is 12.4 Å². The molecule has 0 spiro atoms. The van der Waals surface area contributed by atoms with Gasteiger partial charge in [-0.05, 0) is 24.6 Å². The minimum absolute atomic E-state index is 1.01. The van der Waals surface area contributed by atoms with Gasteiger partial charge in [-0.15, -0.1) is 0 Å². The largest absolute Gasteiger partial charge is 0.388 e. The maximum atomic E-state index is 4.32. The third-order valence-corrected chi connectivity index (χ3v) is 2.49. The quantitative estimate of drug-likeness (QED) is 0.829. The highest BCUT2D eigenvalue weighted by molar-refractivity contribution is 5.83. The summed E-state index contributed by atoms with van der Waals surface area (Å²) < 4.78 is 0. The van der Waals surface area contributed by atoms with Crippen LogP contribution in [-0.4, -0.2) is 17.0 Å². The molecule has 0 aliphatic carbocycles. The first-order valence-corrected chi connectivity index (χ1v) is 5.26. The van der Waals surface area contributed by atoms with E-state index in [1.807, 2.05) is 7.05 Å². The Balaban J connectivity index is 2.56. The summed E-state index contributed by atoms with van der Waals surface area (Å²) in [5.74, 6) is 0. The van der Waals surface area contributed by atoms with Crippen LogP contribution in [0, 0.1) is 0 Å². The molecule has 3 nitrogen and oxygen atoms in total. The molecule has 1 aromatic carbocycles. The van der Waals surface area contributed by atoms with Crippen LogP contribution in [-0.2, 0) is 6.42 Å². The van der Waals surface area contributed by atoms with E-state index in [-0.39, 0.29) is 0 Å². The van der Waals surface area contributed by atoms with Crippen LogP contribution < -0.4 is 5.32 Å². The third-order valence-electron chi connectivity index (χ3n) is 2.49. The van der Waals surface area contributed by atoms with Crippen LogP contribution in [0.4, 0.5) is 5.69 Å². The molecule has 2 rings (SSSR count). The Kier molecular flexibility index (Phi) is 2.81. The van der Waals surface area contributed by atoms with Gasteiger partial charge in [0.05, 0.1) is 11.2 Å². The molecule has 0 aliphatic heterocycles. The minimum atomic E-state index is 1.01. The van der Waals surface area contributed by atoms with E-state index in [1.54, 1.807) is 6.33 Å². The molecule has 2 aromatic rings. The van der Waals surface area contributed by atoms with E-state index < -0.39 is 0 Å². The number of nitrogens with zero attached hydrogens (tertiary/aromatic N) is 2. The fraction of sp³-hybridized carbons (Fsp3) is 0.333. The van der Waals surface area contributed by atoms with Crippen molar-refractivity contribution in [1.29, 1.82) is 0 Å². The van der Waals surface area contributed by atoms with Crippen LogP contribution in [0.1, 0.15) is 19.0 Å². The number of nitrogens with one attached hydrogen (secondary N) is 1. The minimum Gasteiger partial charge on any atom is -0.388 e. The number of hydrogen-bond acceptors (Lipinski definition) is 3. The van der Waals surface area contributed by atoms with Crippen molar-refractivity contribution < 1.29 is 0 Å². The molecule has 1 aromatic heterocycles. The molecule has 0 atom stereocenters. The first kappa shape index (κ1) is 9.90. The van der Waals surface area contributed by atoms with Gasteiger partial charge in [0.1, 0.15) is 6.33 Å². The molecule has 0 unspecified atom stereocenters. The van der Waals surface area contributed by atoms with Gasteiger partial charge in [0.2, 0.25) is 0 Å². The van der Waals surface area contributed by atoms with E-state index in [0.29, 0.717) is 0 Å². The topological polar surface area (TPSA) is 37.8 Å². The van der Waals surface area contributed by atoms with Crippen LogP contribution in [0.25, 0.3) is 10.9 Å². The van der Waals surface area contributed by atoms with Crippen molar-refractivity contribution in [2.45, 2.75) is 19.8 Å². The second-order valence-corrected chi connectivity index (χ2v) is 3.55. The molecule has 15 heavy (non-hydrogen) atoms. The van der Waals surface area contributed by atoms with E-state index in [0.717, 1.165) is 29.7 Å². The molecular formula is C12H15N3. The molecule has 0 radical (unpaired) electrons. The first-order chi connectivity index (χ1) is 7.35. The predicted molar refractivity (Wildman–Crippen MR) is 63.1 cm³/mol. The molecule has 0 bridgehead atoms. The van der Waals surface area contributed by atoms with E-state index in [1.165, 1.54) is 5.39 Å². The number of benzene rings is 1. The van der Waals surface area contributed by atoms with Crippen molar-refractivity contribution >= 4 is 16.6 Å². The summed E-state index contributed by atoms with van der Waals surface area (Å²) in [5.41, 5.74) is 3.24. The van der Waals surface area contributed by atoms with Gasteiger partial charge in [-0.25, -0.2) is 9.97 Å². The van der Waals surface area contributed by atoms with Gasteiger partial charge in [-0.3, -0.25) is 0 Å². The van der Waals surface area contributed by atoms with Crippen LogP contribution in [0.15, 0.2) is 24.5 Å². The van der Waals surface area contributed by atoms with Gasteiger partial charge < -0.3 is 5.32 Å². The van der Waals surface area contributed by atoms with Gasteiger partial charge in [0, 0.05) is 18.1 Å². The van der Waals surface area contributed by atoms with Crippen LogP contribution in [0.3, 0.4) is 0 Å². The lowest BCUT2D eigenvalue weighted by molar-refractivity contribution is 0.886. The standard InChI is InChI=1S/C12H15N3/c1-3-4-11-10-6-5-9(13-2)7-12(10)15-8-14-11/h5-8,13H,3-4H2,1-2H3. The normalized spacial score (nSPS) is 10.5. The maximum absolute atomic E-state index is 4.32. The molecular weight excluding hydrogens is 186 g/mol. The summed E-state index contributed by atoms with van der Waals surface area (Å²) in [6.45, 7) is 2.16. The molecule has 0 fully saturated rings. The lowest BCUT2D eigenvalue weighted by atomic mass is 10.1. The number of hydrogen-bond donors (Lipinski definition) is 1. The number of fused-ring (bicyclic) bond motifs is 1. The number of rotatable bonds is 3. The summed E-state index contributed by atoms with van der Waals surface area (Å²) in [6, 6.07) is 6.20. The van der Waals surface area contributed by atoms with E-state index >= 15 is 0 Å². The summed E-state index contributed by atoms with van der Waals surface area (Å²) in [6.07, 6.45) is 3.77. The zero-order chi connectivity index (χ0) is 10.7. The van der Waals surface area contributed by atoms with Crippen LogP contribution >= 0.6 is 0 Å². The van der Waals surface area contributed by atoms with Crippen molar-refractivity contribution in [1.82, 2.24) is 9.97 Å². The average molecular weight is 201 g/mol. The SMILES string of the molecule is CCCc1ncnc2cc(NC)ccc12. The Labute approximate surface area is 89.6 Å². The average Bonchev–Trinajstić information content (AvgIpc) is 2.29. The van der Waals surface area contributed by atoms with Gasteiger partial charge in [0.15, 0.2) is 0 Å². The summed E-state index contributed by atoms with van der Waals surface area (Å²) in [5, 5.41) is 4.28. The number of anilines is 1. The van der Waals surface area contributed by atoms with E-state index in [9.17, 15) is 0 Å². The Hall–Kier alpha value is -1.64. The zero-order valence-corrected chi connectivity index (χ0v) is 9.12. The maximum Gasteiger partial charge on any atom is 0.116 e. The molecule has 0 amide bonds. The monoisotopic (exact) mass is 201 g/mol. The smallest absolute Gasteiger partial charge is 0.116 e. The fourth-order valence-corrected chi connectivity index (χ4v) is 1.70. The predicted octanol–water partition coefficient (Wildman–Crippen LogP) is 2.62. The molecule has 0 aliphatic rings. The van der Waals surface area contributed by atoms with E-state index in [2.05, 4.69) is 40.4 Å². The third kappa shape index (κ3) is 1.91.